The van der Waals surface area contributed by atoms with Gasteiger partial charge < -0.3 is 0 Å². The Bertz CT molecular complexity index is 843. The van der Waals surface area contributed by atoms with Crippen molar-refractivity contribution in [3.8, 4) is 0 Å². The standard InChI is InChI=1S/C16H15N3O2S/c20-22(21,15-9-5-2-6-10-15)18-16-11-12-19(17-16)13-14-7-3-1-4-8-14/h1-12H,13H2,(H,17,18). The van der Waals surface area contributed by atoms with Crippen LogP contribution in [0.25, 0.3) is 0 Å². The van der Waals surface area contributed by atoms with Crippen molar-refractivity contribution in [1.29, 1.82) is 0 Å². The summed E-state index contributed by atoms with van der Waals surface area (Å²) in [4.78, 5) is 0.215. The van der Waals surface area contributed by atoms with Crippen LogP contribution in [0.1, 0.15) is 5.56 Å². The first-order valence-electron chi connectivity index (χ1n) is 6.79. The van der Waals surface area contributed by atoms with E-state index in [0.717, 1.165) is 5.56 Å². The molecule has 0 saturated carbocycles. The Hall–Kier alpha value is -2.60. The maximum atomic E-state index is 12.2. The van der Waals surface area contributed by atoms with Crippen molar-refractivity contribution in [2.45, 2.75) is 11.4 Å². The van der Waals surface area contributed by atoms with E-state index in [1.165, 1.54) is 0 Å². The average molecular weight is 313 g/mol. The molecule has 22 heavy (non-hydrogen) atoms. The molecule has 0 saturated heterocycles. The SMILES string of the molecule is O=S(=O)(Nc1ccn(Cc2ccccc2)n1)c1ccccc1. The van der Waals surface area contributed by atoms with Gasteiger partial charge in [-0.1, -0.05) is 48.5 Å². The van der Waals surface area contributed by atoms with Gasteiger partial charge >= 0.3 is 0 Å². The lowest BCUT2D eigenvalue weighted by Crippen LogP contribution is -2.13. The molecule has 1 N–H and O–H groups in total. The van der Waals surface area contributed by atoms with Gasteiger partial charge in [0.25, 0.3) is 10.0 Å². The molecule has 0 fully saturated rings. The van der Waals surface area contributed by atoms with Crippen LogP contribution in [0.3, 0.4) is 0 Å². The van der Waals surface area contributed by atoms with Crippen LogP contribution in [0, 0.1) is 0 Å². The van der Waals surface area contributed by atoms with Crippen LogP contribution in [0.15, 0.2) is 77.8 Å². The molecule has 0 aliphatic heterocycles. The zero-order valence-electron chi connectivity index (χ0n) is 11.8. The Labute approximate surface area is 129 Å². The number of anilines is 1. The first-order chi connectivity index (χ1) is 10.6. The molecule has 0 aliphatic rings. The van der Waals surface area contributed by atoms with Crippen LogP contribution in [-0.2, 0) is 16.6 Å². The number of benzene rings is 2. The maximum absolute atomic E-state index is 12.2. The third-order valence-electron chi connectivity index (χ3n) is 3.12. The summed E-state index contributed by atoms with van der Waals surface area (Å²) in [5, 5.41) is 4.24. The Balaban J connectivity index is 1.75. The quantitative estimate of drug-likeness (QED) is 0.787. The molecule has 0 amide bonds. The zero-order valence-corrected chi connectivity index (χ0v) is 12.6. The molecule has 2 aromatic carbocycles. The van der Waals surface area contributed by atoms with E-state index in [-0.39, 0.29) is 4.90 Å². The second kappa shape index (κ2) is 6.03. The molecule has 0 atom stereocenters. The largest absolute Gasteiger partial charge is 0.266 e. The fraction of sp³-hybridized carbons (Fsp3) is 0.0625. The molecule has 0 radical (unpaired) electrons. The van der Waals surface area contributed by atoms with E-state index in [2.05, 4.69) is 9.82 Å². The number of hydrogen-bond acceptors (Lipinski definition) is 3. The van der Waals surface area contributed by atoms with Crippen LogP contribution >= 0.6 is 0 Å². The van der Waals surface area contributed by atoms with Crippen LogP contribution in [0.4, 0.5) is 5.82 Å². The highest BCUT2D eigenvalue weighted by Gasteiger charge is 2.14. The van der Waals surface area contributed by atoms with Gasteiger partial charge in [0.05, 0.1) is 11.4 Å². The molecule has 6 heteroatoms. The van der Waals surface area contributed by atoms with E-state index in [1.54, 1.807) is 47.3 Å². The van der Waals surface area contributed by atoms with Gasteiger partial charge in [-0.05, 0) is 17.7 Å². The third-order valence-corrected chi connectivity index (χ3v) is 4.49. The molecule has 0 aliphatic carbocycles. The van der Waals surface area contributed by atoms with Gasteiger partial charge in [-0.3, -0.25) is 9.40 Å². The number of sulfonamides is 1. The summed E-state index contributed by atoms with van der Waals surface area (Å²) in [6.07, 6.45) is 1.75. The summed E-state index contributed by atoms with van der Waals surface area (Å²) < 4.78 is 28.6. The van der Waals surface area contributed by atoms with E-state index in [1.807, 2.05) is 30.3 Å². The fourth-order valence-corrected chi connectivity index (χ4v) is 3.09. The lowest BCUT2D eigenvalue weighted by molar-refractivity contribution is 0.600. The van der Waals surface area contributed by atoms with Crippen molar-refractivity contribution < 1.29 is 8.42 Å². The van der Waals surface area contributed by atoms with E-state index in [4.69, 9.17) is 0 Å². The molecule has 0 bridgehead atoms. The van der Waals surface area contributed by atoms with Gasteiger partial charge in [-0.15, -0.1) is 0 Å². The van der Waals surface area contributed by atoms with Crippen LogP contribution in [-0.4, -0.2) is 18.2 Å². The van der Waals surface area contributed by atoms with Gasteiger partial charge in [0.2, 0.25) is 0 Å². The molecule has 112 valence electrons. The zero-order chi connectivity index (χ0) is 15.4. The highest BCUT2D eigenvalue weighted by molar-refractivity contribution is 7.92. The lowest BCUT2D eigenvalue weighted by Gasteiger charge is -2.05. The first-order valence-corrected chi connectivity index (χ1v) is 8.27. The van der Waals surface area contributed by atoms with Crippen molar-refractivity contribution in [1.82, 2.24) is 9.78 Å². The van der Waals surface area contributed by atoms with Gasteiger partial charge in [-0.25, -0.2) is 8.42 Å². The second-order valence-electron chi connectivity index (χ2n) is 4.80. The minimum absolute atomic E-state index is 0.215. The third kappa shape index (κ3) is 3.35. The molecule has 3 aromatic rings. The number of nitrogens with zero attached hydrogens (tertiary/aromatic N) is 2. The van der Waals surface area contributed by atoms with Crippen molar-refractivity contribution in [2.24, 2.45) is 0 Å². The number of hydrogen-bond donors (Lipinski definition) is 1. The maximum Gasteiger partial charge on any atom is 0.263 e. The lowest BCUT2D eigenvalue weighted by atomic mass is 10.2. The molecular weight excluding hydrogens is 298 g/mol. The molecule has 0 unspecified atom stereocenters. The summed E-state index contributed by atoms with van der Waals surface area (Å²) in [7, 11) is -3.60. The summed E-state index contributed by atoms with van der Waals surface area (Å²) in [5.74, 6) is 0.305. The van der Waals surface area contributed by atoms with Gasteiger partial charge in [0, 0.05) is 12.3 Å². The van der Waals surface area contributed by atoms with Gasteiger partial charge in [0.15, 0.2) is 5.82 Å². The predicted octanol–water partition coefficient (Wildman–Crippen LogP) is 2.73. The van der Waals surface area contributed by atoms with Crippen LogP contribution in [0.2, 0.25) is 0 Å². The summed E-state index contributed by atoms with van der Waals surface area (Å²) in [6.45, 7) is 0.591. The van der Waals surface area contributed by atoms with E-state index in [0.29, 0.717) is 12.4 Å². The van der Waals surface area contributed by atoms with E-state index in [9.17, 15) is 8.42 Å². The number of aromatic nitrogens is 2. The molecule has 5 nitrogen and oxygen atoms in total. The van der Waals surface area contributed by atoms with E-state index >= 15 is 0 Å². The second-order valence-corrected chi connectivity index (χ2v) is 6.49. The Morgan fingerprint density at radius 2 is 1.55 bits per heavy atom. The number of rotatable bonds is 5. The van der Waals surface area contributed by atoms with Crippen molar-refractivity contribution >= 4 is 15.8 Å². The smallest absolute Gasteiger partial charge is 0.263 e. The molecule has 3 rings (SSSR count). The van der Waals surface area contributed by atoms with Crippen molar-refractivity contribution in [3.05, 3.63) is 78.5 Å². The van der Waals surface area contributed by atoms with Crippen LogP contribution < -0.4 is 4.72 Å². The minimum atomic E-state index is -3.60. The van der Waals surface area contributed by atoms with Gasteiger partial charge in [0.1, 0.15) is 0 Å². The van der Waals surface area contributed by atoms with Crippen molar-refractivity contribution in [2.75, 3.05) is 4.72 Å². The van der Waals surface area contributed by atoms with Crippen LogP contribution in [0.5, 0.6) is 0 Å². The Morgan fingerprint density at radius 3 is 2.23 bits per heavy atom. The van der Waals surface area contributed by atoms with E-state index < -0.39 is 10.0 Å². The topological polar surface area (TPSA) is 64.0 Å². The minimum Gasteiger partial charge on any atom is -0.266 e. The first kappa shape index (κ1) is 14.3. The highest BCUT2D eigenvalue weighted by Crippen LogP contribution is 2.14. The van der Waals surface area contributed by atoms with Crippen molar-refractivity contribution in [3.63, 3.8) is 0 Å². The molecule has 1 aromatic heterocycles. The Kier molecular flexibility index (Phi) is 3.93. The molecular formula is C16H15N3O2S. The molecule has 1 heterocycles. The number of nitrogens with one attached hydrogen (secondary N) is 1. The summed E-state index contributed by atoms with van der Waals surface area (Å²) >= 11 is 0. The average Bonchev–Trinajstić information content (AvgIpc) is 2.95. The fourth-order valence-electron chi connectivity index (χ4n) is 2.07. The predicted molar refractivity (Wildman–Crippen MR) is 85.0 cm³/mol. The summed E-state index contributed by atoms with van der Waals surface area (Å²) in [5.41, 5.74) is 1.10. The Morgan fingerprint density at radius 1 is 0.909 bits per heavy atom. The summed E-state index contributed by atoms with van der Waals surface area (Å²) in [6, 6.07) is 19.7. The van der Waals surface area contributed by atoms with Gasteiger partial charge in [-0.2, -0.15) is 5.10 Å². The monoisotopic (exact) mass is 313 g/mol. The molecule has 0 spiro atoms. The normalized spacial score (nSPS) is 11.3. The highest BCUT2D eigenvalue weighted by atomic mass is 32.2.